The van der Waals surface area contributed by atoms with Crippen molar-refractivity contribution in [2.45, 2.75) is 32.2 Å². The van der Waals surface area contributed by atoms with E-state index in [0.717, 1.165) is 49.3 Å². The molecule has 1 saturated heterocycles. The van der Waals surface area contributed by atoms with Crippen molar-refractivity contribution in [3.63, 3.8) is 0 Å². The summed E-state index contributed by atoms with van der Waals surface area (Å²) in [5.74, 6) is 3.52. The second-order valence-corrected chi connectivity index (χ2v) is 7.36. The lowest BCUT2D eigenvalue weighted by atomic mass is 10.1. The van der Waals surface area contributed by atoms with E-state index in [1.54, 1.807) is 7.05 Å². The minimum absolute atomic E-state index is 0. The second-order valence-electron chi connectivity index (χ2n) is 7.36. The fourth-order valence-electron chi connectivity index (χ4n) is 3.69. The average molecular weight is 523 g/mol. The fraction of sp³-hybridized carbons (Fsp3) is 0.455. The highest BCUT2D eigenvalue weighted by molar-refractivity contribution is 14.0. The first-order chi connectivity index (χ1) is 14.3. The fourth-order valence-corrected chi connectivity index (χ4v) is 3.69. The monoisotopic (exact) mass is 523 g/mol. The molecule has 30 heavy (non-hydrogen) atoms. The van der Waals surface area contributed by atoms with E-state index in [9.17, 15) is 0 Å². The molecule has 0 aliphatic carbocycles. The molecule has 0 saturated carbocycles. The van der Waals surface area contributed by atoms with Crippen LogP contribution in [0.1, 0.15) is 30.4 Å². The molecule has 0 bridgehead atoms. The van der Waals surface area contributed by atoms with Crippen molar-refractivity contribution in [2.24, 2.45) is 4.99 Å². The Kier molecular flexibility index (Phi) is 8.41. The van der Waals surface area contributed by atoms with Crippen LogP contribution in [-0.2, 0) is 13.0 Å². The summed E-state index contributed by atoms with van der Waals surface area (Å²) >= 11 is 0. The molecule has 0 spiro atoms. The number of piperidine rings is 1. The quantitative estimate of drug-likeness (QED) is 0.344. The third kappa shape index (κ3) is 5.90. The van der Waals surface area contributed by atoms with Crippen molar-refractivity contribution in [3.05, 3.63) is 47.7 Å². The minimum Gasteiger partial charge on any atom is -0.454 e. The summed E-state index contributed by atoms with van der Waals surface area (Å²) in [6.45, 7) is 4.02. The van der Waals surface area contributed by atoms with Gasteiger partial charge in [-0.15, -0.1) is 24.0 Å². The van der Waals surface area contributed by atoms with Gasteiger partial charge < -0.3 is 25.0 Å². The van der Waals surface area contributed by atoms with Crippen LogP contribution in [-0.4, -0.2) is 44.4 Å². The number of aliphatic imine (C=N–C) groups is 1. The van der Waals surface area contributed by atoms with E-state index in [2.05, 4.69) is 43.7 Å². The van der Waals surface area contributed by atoms with Gasteiger partial charge >= 0.3 is 0 Å². The van der Waals surface area contributed by atoms with Crippen molar-refractivity contribution >= 4 is 35.8 Å². The van der Waals surface area contributed by atoms with Crippen LogP contribution in [0, 0.1) is 0 Å². The molecule has 0 radical (unpaired) electrons. The van der Waals surface area contributed by atoms with Crippen molar-refractivity contribution in [3.8, 4) is 11.5 Å². The normalized spacial score (nSPS) is 15.5. The molecule has 0 atom stereocenters. The van der Waals surface area contributed by atoms with Crippen LogP contribution in [0.15, 0.2) is 41.5 Å². The smallest absolute Gasteiger partial charge is 0.231 e. The molecule has 2 aliphatic heterocycles. The van der Waals surface area contributed by atoms with Gasteiger partial charge in [0.05, 0.1) is 0 Å². The van der Waals surface area contributed by atoms with Gasteiger partial charge in [0, 0.05) is 39.4 Å². The third-order valence-electron chi connectivity index (χ3n) is 5.32. The van der Waals surface area contributed by atoms with E-state index in [4.69, 9.17) is 9.47 Å². The van der Waals surface area contributed by atoms with Crippen LogP contribution in [0.4, 0.5) is 5.82 Å². The zero-order chi connectivity index (χ0) is 19.9. The van der Waals surface area contributed by atoms with Crippen LogP contribution in [0.3, 0.4) is 0 Å². The number of rotatable bonds is 6. The van der Waals surface area contributed by atoms with Gasteiger partial charge in [0.15, 0.2) is 17.5 Å². The Bertz CT molecular complexity index is 855. The molecule has 3 heterocycles. The number of benzene rings is 1. The van der Waals surface area contributed by atoms with Crippen LogP contribution in [0.25, 0.3) is 0 Å². The zero-order valence-corrected chi connectivity index (χ0v) is 19.7. The predicted octanol–water partition coefficient (Wildman–Crippen LogP) is 3.33. The minimum atomic E-state index is 0. The summed E-state index contributed by atoms with van der Waals surface area (Å²) < 4.78 is 10.8. The first-order valence-corrected chi connectivity index (χ1v) is 10.3. The summed E-state index contributed by atoms with van der Waals surface area (Å²) in [6, 6.07) is 10.3. The number of halogens is 1. The number of aromatic nitrogens is 1. The van der Waals surface area contributed by atoms with Crippen molar-refractivity contribution in [1.82, 2.24) is 15.6 Å². The van der Waals surface area contributed by atoms with E-state index in [-0.39, 0.29) is 24.0 Å². The van der Waals surface area contributed by atoms with Crippen LogP contribution in [0.5, 0.6) is 11.5 Å². The molecular formula is C22H30IN5O2. The molecule has 4 rings (SSSR count). The standard InChI is InChI=1S/C22H29N5O2.HI/c1-23-22(25-10-7-17-5-6-19-20(13-17)29-16-28-19)26-15-18-8-9-24-21(14-18)27-11-3-2-4-12-27;/h5-6,8-9,13-14H,2-4,7,10-12,15-16H2,1H3,(H2,23,25,26);1H. The zero-order valence-electron chi connectivity index (χ0n) is 17.4. The Morgan fingerprint density at radius 3 is 2.70 bits per heavy atom. The Morgan fingerprint density at radius 1 is 1.03 bits per heavy atom. The predicted molar refractivity (Wildman–Crippen MR) is 130 cm³/mol. The molecule has 7 nitrogen and oxygen atoms in total. The number of pyridine rings is 1. The maximum absolute atomic E-state index is 5.44. The largest absolute Gasteiger partial charge is 0.454 e. The highest BCUT2D eigenvalue weighted by Gasteiger charge is 2.14. The number of hydrogen-bond donors (Lipinski definition) is 2. The van der Waals surface area contributed by atoms with Crippen molar-refractivity contribution in [1.29, 1.82) is 0 Å². The van der Waals surface area contributed by atoms with Gasteiger partial charge in [-0.25, -0.2) is 4.98 Å². The molecule has 2 aliphatic rings. The third-order valence-corrected chi connectivity index (χ3v) is 5.32. The number of ether oxygens (including phenoxy) is 2. The van der Waals surface area contributed by atoms with Gasteiger partial charge in [0.1, 0.15) is 5.82 Å². The molecule has 0 amide bonds. The molecule has 162 valence electrons. The first-order valence-electron chi connectivity index (χ1n) is 10.3. The topological polar surface area (TPSA) is 71.0 Å². The SMILES string of the molecule is CN=C(NCCc1ccc2c(c1)OCO2)NCc1ccnc(N2CCCCC2)c1.I. The average Bonchev–Trinajstić information content (AvgIpc) is 3.25. The van der Waals surface area contributed by atoms with Gasteiger partial charge in [-0.2, -0.15) is 0 Å². The number of hydrogen-bond acceptors (Lipinski definition) is 5. The molecule has 1 aromatic carbocycles. The number of anilines is 1. The highest BCUT2D eigenvalue weighted by Crippen LogP contribution is 2.32. The van der Waals surface area contributed by atoms with Crippen LogP contribution in [0.2, 0.25) is 0 Å². The van der Waals surface area contributed by atoms with Gasteiger partial charge in [-0.1, -0.05) is 6.07 Å². The van der Waals surface area contributed by atoms with Crippen LogP contribution >= 0.6 is 24.0 Å². The van der Waals surface area contributed by atoms with Gasteiger partial charge in [0.25, 0.3) is 0 Å². The Morgan fingerprint density at radius 2 is 1.87 bits per heavy atom. The van der Waals surface area contributed by atoms with E-state index in [1.165, 1.54) is 30.4 Å². The van der Waals surface area contributed by atoms with Gasteiger partial charge in [-0.05, 0) is 61.1 Å². The van der Waals surface area contributed by atoms with Gasteiger partial charge in [0.2, 0.25) is 6.79 Å². The van der Waals surface area contributed by atoms with Gasteiger partial charge in [-0.3, -0.25) is 4.99 Å². The summed E-state index contributed by atoms with van der Waals surface area (Å²) in [5, 5.41) is 6.77. The summed E-state index contributed by atoms with van der Waals surface area (Å²) in [7, 11) is 1.79. The number of guanidine groups is 1. The maximum Gasteiger partial charge on any atom is 0.231 e. The molecule has 1 fully saturated rings. The second kappa shape index (κ2) is 11.2. The first kappa shape index (κ1) is 22.5. The molecule has 2 aromatic rings. The summed E-state index contributed by atoms with van der Waals surface area (Å²) in [6.07, 6.45) is 6.61. The lowest BCUT2D eigenvalue weighted by Crippen LogP contribution is -2.38. The molecule has 2 N–H and O–H groups in total. The van der Waals surface area contributed by atoms with Crippen molar-refractivity contribution in [2.75, 3.05) is 38.4 Å². The number of nitrogens with zero attached hydrogens (tertiary/aromatic N) is 3. The summed E-state index contributed by atoms with van der Waals surface area (Å²) in [5.41, 5.74) is 2.41. The Balaban J connectivity index is 0.00000256. The van der Waals surface area contributed by atoms with Crippen molar-refractivity contribution < 1.29 is 9.47 Å². The number of nitrogens with one attached hydrogen (secondary N) is 2. The van der Waals surface area contributed by atoms with E-state index in [0.29, 0.717) is 13.3 Å². The molecule has 1 aromatic heterocycles. The highest BCUT2D eigenvalue weighted by atomic mass is 127. The lowest BCUT2D eigenvalue weighted by molar-refractivity contribution is 0.174. The Labute approximate surface area is 195 Å². The maximum atomic E-state index is 5.44. The Hall–Kier alpha value is -2.23. The summed E-state index contributed by atoms with van der Waals surface area (Å²) in [4.78, 5) is 11.3. The molecular weight excluding hydrogens is 493 g/mol. The van der Waals surface area contributed by atoms with E-state index >= 15 is 0 Å². The van der Waals surface area contributed by atoms with E-state index < -0.39 is 0 Å². The number of fused-ring (bicyclic) bond motifs is 1. The molecule has 0 unspecified atom stereocenters. The van der Waals surface area contributed by atoms with Crippen LogP contribution < -0.4 is 25.0 Å². The molecule has 8 heteroatoms. The lowest BCUT2D eigenvalue weighted by Gasteiger charge is -2.28. The van der Waals surface area contributed by atoms with E-state index in [1.807, 2.05) is 18.3 Å².